The third-order valence-electron chi connectivity index (χ3n) is 5.19. The summed E-state index contributed by atoms with van der Waals surface area (Å²) in [7, 11) is 2.17. The van der Waals surface area contributed by atoms with Gasteiger partial charge in [-0.2, -0.15) is 0 Å². The van der Waals surface area contributed by atoms with Gasteiger partial charge in [0.15, 0.2) is 0 Å². The van der Waals surface area contributed by atoms with Crippen molar-refractivity contribution in [2.75, 3.05) is 33.2 Å². The number of benzene rings is 2. The van der Waals surface area contributed by atoms with Gasteiger partial charge in [0.25, 0.3) is 0 Å². The van der Waals surface area contributed by atoms with Crippen molar-refractivity contribution in [1.29, 1.82) is 0 Å². The number of hydrogen-bond donors (Lipinski definition) is 1. The van der Waals surface area contributed by atoms with Crippen LogP contribution in [0.15, 0.2) is 48.5 Å². The normalized spacial score (nSPS) is 18.3. The molecule has 1 unspecified atom stereocenters. The fourth-order valence-electron chi connectivity index (χ4n) is 3.86. The second-order valence-electron chi connectivity index (χ2n) is 7.55. The van der Waals surface area contributed by atoms with Gasteiger partial charge in [-0.3, -0.25) is 0 Å². The van der Waals surface area contributed by atoms with E-state index in [9.17, 15) is 9.50 Å². The largest absolute Gasteiger partial charge is 0.508 e. The molecule has 0 spiro atoms. The van der Waals surface area contributed by atoms with E-state index in [0.29, 0.717) is 11.7 Å². The topological polar surface area (TPSA) is 26.7 Å². The smallest absolute Gasteiger partial charge is 0.123 e. The number of piperidine rings is 1. The molecule has 0 aromatic heterocycles. The van der Waals surface area contributed by atoms with Gasteiger partial charge in [0.05, 0.1) is 0 Å². The molecule has 140 valence electrons. The highest BCUT2D eigenvalue weighted by Gasteiger charge is 2.21. The Hall–Kier alpha value is -1.91. The third-order valence-corrected chi connectivity index (χ3v) is 5.19. The lowest BCUT2D eigenvalue weighted by Gasteiger charge is -2.34. The standard InChI is InChI=1S/C22H29FN2O/c1-24(15-19-6-10-22(26)11-7-19)16-20-3-2-13-25(17-20)14-12-18-4-8-21(23)9-5-18/h4-11,20,26H,2-3,12-17H2,1H3. The predicted molar refractivity (Wildman–Crippen MR) is 104 cm³/mol. The molecule has 2 aromatic carbocycles. The summed E-state index contributed by atoms with van der Waals surface area (Å²) in [5.41, 5.74) is 2.44. The lowest BCUT2D eigenvalue weighted by atomic mass is 9.97. The molecule has 3 rings (SSSR count). The average Bonchev–Trinajstić information content (AvgIpc) is 2.63. The van der Waals surface area contributed by atoms with E-state index in [1.54, 1.807) is 24.3 Å². The van der Waals surface area contributed by atoms with Crippen molar-refractivity contribution in [2.24, 2.45) is 5.92 Å². The SMILES string of the molecule is CN(Cc1ccc(O)cc1)CC1CCCN(CCc2ccc(F)cc2)C1. The van der Waals surface area contributed by atoms with E-state index in [2.05, 4.69) is 16.8 Å². The molecule has 1 fully saturated rings. The maximum Gasteiger partial charge on any atom is 0.123 e. The molecule has 0 bridgehead atoms. The van der Waals surface area contributed by atoms with Crippen LogP contribution < -0.4 is 0 Å². The lowest BCUT2D eigenvalue weighted by molar-refractivity contribution is 0.142. The monoisotopic (exact) mass is 356 g/mol. The molecule has 4 heteroatoms. The Balaban J connectivity index is 1.43. The first-order valence-corrected chi connectivity index (χ1v) is 9.52. The summed E-state index contributed by atoms with van der Waals surface area (Å²) in [4.78, 5) is 4.92. The summed E-state index contributed by atoms with van der Waals surface area (Å²) in [6.45, 7) is 5.35. The van der Waals surface area contributed by atoms with Crippen LogP contribution in [0.4, 0.5) is 4.39 Å². The predicted octanol–water partition coefficient (Wildman–Crippen LogP) is 3.92. The number of nitrogens with zero attached hydrogens (tertiary/aromatic N) is 2. The molecule has 0 saturated carbocycles. The minimum atomic E-state index is -0.163. The van der Waals surface area contributed by atoms with Crippen molar-refractivity contribution >= 4 is 0 Å². The molecular formula is C22H29FN2O. The van der Waals surface area contributed by atoms with Gasteiger partial charge in [-0.05, 0) is 74.2 Å². The Kier molecular flexibility index (Phi) is 6.64. The Morgan fingerprint density at radius 2 is 1.77 bits per heavy atom. The first kappa shape index (κ1) is 18.9. The van der Waals surface area contributed by atoms with Crippen LogP contribution in [0.2, 0.25) is 0 Å². The summed E-state index contributed by atoms with van der Waals surface area (Å²) in [6.07, 6.45) is 3.52. The first-order valence-electron chi connectivity index (χ1n) is 9.52. The number of rotatable bonds is 7. The van der Waals surface area contributed by atoms with E-state index in [1.807, 2.05) is 24.3 Å². The number of phenols is 1. The number of aromatic hydroxyl groups is 1. The van der Waals surface area contributed by atoms with Gasteiger partial charge in [-0.1, -0.05) is 24.3 Å². The van der Waals surface area contributed by atoms with Crippen LogP contribution in [0, 0.1) is 11.7 Å². The summed E-state index contributed by atoms with van der Waals surface area (Å²) in [6, 6.07) is 14.4. The van der Waals surface area contributed by atoms with E-state index in [4.69, 9.17) is 0 Å². The van der Waals surface area contributed by atoms with Gasteiger partial charge in [0, 0.05) is 26.2 Å². The van der Waals surface area contributed by atoms with Crippen LogP contribution in [0.3, 0.4) is 0 Å². The van der Waals surface area contributed by atoms with Crippen LogP contribution in [-0.2, 0) is 13.0 Å². The summed E-state index contributed by atoms with van der Waals surface area (Å²) in [5.74, 6) is 0.850. The molecule has 1 atom stereocenters. The van der Waals surface area contributed by atoms with Crippen LogP contribution >= 0.6 is 0 Å². The minimum Gasteiger partial charge on any atom is -0.508 e. The zero-order chi connectivity index (χ0) is 18.4. The van der Waals surface area contributed by atoms with Crippen LogP contribution in [0.1, 0.15) is 24.0 Å². The van der Waals surface area contributed by atoms with E-state index in [0.717, 1.165) is 32.6 Å². The molecule has 0 aliphatic carbocycles. The highest BCUT2D eigenvalue weighted by Crippen LogP contribution is 2.19. The van der Waals surface area contributed by atoms with E-state index in [1.165, 1.54) is 30.5 Å². The molecule has 0 amide bonds. The first-order chi connectivity index (χ1) is 12.6. The van der Waals surface area contributed by atoms with Gasteiger partial charge in [-0.25, -0.2) is 4.39 Å². The van der Waals surface area contributed by atoms with Gasteiger partial charge in [0.2, 0.25) is 0 Å². The van der Waals surface area contributed by atoms with Crippen LogP contribution in [0.25, 0.3) is 0 Å². The van der Waals surface area contributed by atoms with Crippen molar-refractivity contribution in [3.05, 3.63) is 65.5 Å². The minimum absolute atomic E-state index is 0.163. The Morgan fingerprint density at radius 1 is 1.08 bits per heavy atom. The molecule has 1 aliphatic rings. The summed E-state index contributed by atoms with van der Waals surface area (Å²) in [5, 5.41) is 9.39. The second-order valence-corrected chi connectivity index (χ2v) is 7.55. The van der Waals surface area contributed by atoms with Crippen molar-refractivity contribution in [3.63, 3.8) is 0 Å². The molecular weight excluding hydrogens is 327 g/mol. The summed E-state index contributed by atoms with van der Waals surface area (Å²) < 4.78 is 13.0. The molecule has 3 nitrogen and oxygen atoms in total. The number of phenolic OH excluding ortho intramolecular Hbond substituents is 1. The molecule has 26 heavy (non-hydrogen) atoms. The van der Waals surface area contributed by atoms with E-state index in [-0.39, 0.29) is 5.82 Å². The van der Waals surface area contributed by atoms with Crippen molar-refractivity contribution in [1.82, 2.24) is 9.80 Å². The Morgan fingerprint density at radius 3 is 2.50 bits per heavy atom. The second kappa shape index (κ2) is 9.15. The lowest BCUT2D eigenvalue weighted by Crippen LogP contribution is -2.40. The molecule has 0 radical (unpaired) electrons. The fraction of sp³-hybridized carbons (Fsp3) is 0.455. The van der Waals surface area contributed by atoms with Crippen molar-refractivity contribution < 1.29 is 9.50 Å². The third kappa shape index (κ3) is 5.82. The maximum absolute atomic E-state index is 13.0. The van der Waals surface area contributed by atoms with Crippen molar-refractivity contribution in [2.45, 2.75) is 25.8 Å². The van der Waals surface area contributed by atoms with E-state index < -0.39 is 0 Å². The van der Waals surface area contributed by atoms with Gasteiger partial charge < -0.3 is 14.9 Å². The average molecular weight is 356 g/mol. The Labute approximate surface area is 156 Å². The molecule has 1 N–H and O–H groups in total. The summed E-state index contributed by atoms with van der Waals surface area (Å²) >= 11 is 0. The number of hydrogen-bond acceptors (Lipinski definition) is 3. The maximum atomic E-state index is 13.0. The Bertz CT molecular complexity index is 672. The fourth-order valence-corrected chi connectivity index (χ4v) is 3.86. The van der Waals surface area contributed by atoms with E-state index >= 15 is 0 Å². The number of likely N-dealkylation sites (tertiary alicyclic amines) is 1. The zero-order valence-electron chi connectivity index (χ0n) is 15.6. The molecule has 1 saturated heterocycles. The highest BCUT2D eigenvalue weighted by molar-refractivity contribution is 5.25. The van der Waals surface area contributed by atoms with Gasteiger partial charge >= 0.3 is 0 Å². The van der Waals surface area contributed by atoms with Gasteiger partial charge in [-0.15, -0.1) is 0 Å². The highest BCUT2D eigenvalue weighted by atomic mass is 19.1. The quantitative estimate of drug-likeness (QED) is 0.815. The molecule has 2 aromatic rings. The number of halogens is 1. The zero-order valence-corrected chi connectivity index (χ0v) is 15.6. The molecule has 1 aliphatic heterocycles. The van der Waals surface area contributed by atoms with Crippen LogP contribution in [0.5, 0.6) is 5.75 Å². The van der Waals surface area contributed by atoms with Crippen LogP contribution in [-0.4, -0.2) is 48.1 Å². The van der Waals surface area contributed by atoms with Crippen molar-refractivity contribution in [3.8, 4) is 5.75 Å². The van der Waals surface area contributed by atoms with Gasteiger partial charge in [0.1, 0.15) is 11.6 Å². The molecule has 1 heterocycles.